The zero-order chi connectivity index (χ0) is 22.0. The van der Waals surface area contributed by atoms with E-state index in [2.05, 4.69) is 0 Å². The van der Waals surface area contributed by atoms with Gasteiger partial charge < -0.3 is 19.6 Å². The van der Waals surface area contributed by atoms with Crippen LogP contribution in [0, 0.1) is 0 Å². The van der Waals surface area contributed by atoms with E-state index >= 15 is 0 Å². The van der Waals surface area contributed by atoms with Crippen LogP contribution in [0.5, 0.6) is 0 Å². The van der Waals surface area contributed by atoms with Crippen molar-refractivity contribution >= 4 is 46.2 Å². The molecule has 1 N–H and O–H groups in total. The van der Waals surface area contributed by atoms with Crippen molar-refractivity contribution in [2.75, 3.05) is 39.4 Å². The minimum atomic E-state index is -0.820. The van der Waals surface area contributed by atoms with Gasteiger partial charge in [0.15, 0.2) is 0 Å². The van der Waals surface area contributed by atoms with Crippen LogP contribution in [0.4, 0.5) is 0 Å². The summed E-state index contributed by atoms with van der Waals surface area (Å²) in [4.78, 5) is 29.4. The van der Waals surface area contributed by atoms with Crippen molar-refractivity contribution in [3.05, 3.63) is 67.5 Å². The molecule has 164 valence electrons. The van der Waals surface area contributed by atoms with Crippen molar-refractivity contribution in [2.45, 2.75) is 12.5 Å². The highest BCUT2D eigenvalue weighted by atomic mass is 35.5. The molecule has 0 saturated carbocycles. The fourth-order valence-electron chi connectivity index (χ4n) is 4.10. The predicted octanol–water partition coefficient (Wildman–Crippen LogP) is 1.74. The quantitative estimate of drug-likeness (QED) is 0.612. The van der Waals surface area contributed by atoms with Gasteiger partial charge in [0.2, 0.25) is 11.7 Å². The average Bonchev–Trinajstić information content (AvgIpc) is 3.38. The first kappa shape index (κ1) is 22.3. The highest BCUT2D eigenvalue weighted by Gasteiger charge is 2.40. The average molecular weight is 481 g/mol. The lowest BCUT2D eigenvalue weighted by atomic mass is 9.95. The van der Waals surface area contributed by atoms with Crippen molar-refractivity contribution in [1.29, 1.82) is 0 Å². The smallest absolute Gasteiger partial charge is 0.239 e. The summed E-state index contributed by atoms with van der Waals surface area (Å²) in [5.74, 6) is -1.84. The summed E-state index contributed by atoms with van der Waals surface area (Å²) in [6.45, 7) is 4.52. The number of nitrogens with one attached hydrogen (secondary N) is 1. The third-order valence-electron chi connectivity index (χ3n) is 5.66. The lowest BCUT2D eigenvalue weighted by Crippen LogP contribution is -3.14. The van der Waals surface area contributed by atoms with Crippen molar-refractivity contribution in [3.63, 3.8) is 0 Å². The van der Waals surface area contributed by atoms with Gasteiger partial charge in [-0.1, -0.05) is 35.3 Å². The molecule has 0 spiro atoms. The van der Waals surface area contributed by atoms with Gasteiger partial charge in [0, 0.05) is 28.6 Å². The van der Waals surface area contributed by atoms with Gasteiger partial charge in [0.1, 0.15) is 13.1 Å². The zero-order valence-electron chi connectivity index (χ0n) is 16.7. The number of hydrogen-bond donors (Lipinski definition) is 1. The second-order valence-electron chi connectivity index (χ2n) is 7.58. The maximum absolute atomic E-state index is 13.2. The summed E-state index contributed by atoms with van der Waals surface area (Å²) < 4.78 is 5.39. The molecule has 1 fully saturated rings. The number of carbonyl (C=O) groups excluding carboxylic acids is 2. The molecule has 1 saturated heterocycles. The van der Waals surface area contributed by atoms with Gasteiger partial charge in [-0.15, -0.1) is 11.3 Å². The Hall–Kier alpha value is -1.90. The van der Waals surface area contributed by atoms with Crippen LogP contribution in [-0.2, 0) is 9.53 Å². The van der Waals surface area contributed by atoms with E-state index in [-0.39, 0.29) is 5.57 Å². The van der Waals surface area contributed by atoms with Gasteiger partial charge in [-0.3, -0.25) is 9.59 Å². The molecular weight excluding hydrogens is 459 g/mol. The van der Waals surface area contributed by atoms with Crippen LogP contribution < -0.4 is 10.0 Å². The molecule has 1 atom stereocenters. The zero-order valence-corrected chi connectivity index (χ0v) is 19.1. The Morgan fingerprint density at radius 3 is 2.71 bits per heavy atom. The summed E-state index contributed by atoms with van der Waals surface area (Å²) >= 11 is 13.7. The summed E-state index contributed by atoms with van der Waals surface area (Å²) in [6, 6.07) is 7.48. The number of Topliss-reactive ketones (excluding diaryl/α,β-unsaturated/α-hetero) is 1. The largest absolute Gasteiger partial charge is 0.868 e. The van der Waals surface area contributed by atoms with E-state index in [1.54, 1.807) is 35.7 Å². The van der Waals surface area contributed by atoms with Crippen molar-refractivity contribution < 1.29 is 24.3 Å². The van der Waals surface area contributed by atoms with Crippen LogP contribution in [0.25, 0.3) is 0 Å². The number of rotatable bonds is 7. The molecule has 6 nitrogen and oxygen atoms in total. The number of morpholine rings is 1. The van der Waals surface area contributed by atoms with E-state index in [0.717, 1.165) is 32.8 Å². The minimum Gasteiger partial charge on any atom is -0.868 e. The van der Waals surface area contributed by atoms with Gasteiger partial charge in [-0.25, -0.2) is 0 Å². The van der Waals surface area contributed by atoms with Crippen LogP contribution in [0.2, 0.25) is 10.0 Å². The van der Waals surface area contributed by atoms with E-state index in [9.17, 15) is 14.7 Å². The molecule has 1 amide bonds. The van der Waals surface area contributed by atoms with Gasteiger partial charge >= 0.3 is 0 Å². The molecule has 0 radical (unpaired) electrons. The molecule has 1 aromatic heterocycles. The molecule has 1 unspecified atom stereocenters. The Kier molecular flexibility index (Phi) is 6.99. The predicted molar refractivity (Wildman–Crippen MR) is 118 cm³/mol. The van der Waals surface area contributed by atoms with E-state index in [1.165, 1.54) is 21.1 Å². The number of carbonyl (C=O) groups is 2. The Balaban J connectivity index is 1.63. The SMILES string of the molecule is O=C(C1=C([O-])C(=O)N(CCC[NH+]2CCOCC2)C1c1ccc(Cl)cc1Cl)c1cccs1. The molecule has 2 aliphatic heterocycles. The lowest BCUT2D eigenvalue weighted by molar-refractivity contribution is -0.908. The van der Waals surface area contributed by atoms with Crippen LogP contribution in [0.1, 0.15) is 27.7 Å². The molecule has 9 heteroatoms. The standard InChI is InChI=1S/C22H22Cl2N2O4S/c23-14-4-5-15(16(24)13-14)19-18(20(27)17-3-1-12-31-17)21(28)22(29)26(19)7-2-6-25-8-10-30-11-9-25/h1,3-5,12-13,19,28H,2,6-11H2. The summed E-state index contributed by atoms with van der Waals surface area (Å²) in [5, 5.41) is 15.5. The second-order valence-corrected chi connectivity index (χ2v) is 9.37. The molecule has 4 rings (SSSR count). The van der Waals surface area contributed by atoms with Gasteiger partial charge in [0.25, 0.3) is 0 Å². The lowest BCUT2D eigenvalue weighted by Gasteiger charge is -2.29. The van der Waals surface area contributed by atoms with Gasteiger partial charge in [0.05, 0.1) is 30.7 Å². The van der Waals surface area contributed by atoms with E-state index in [0.29, 0.717) is 33.5 Å². The third-order valence-corrected chi connectivity index (χ3v) is 7.09. The molecule has 3 heterocycles. The summed E-state index contributed by atoms with van der Waals surface area (Å²) in [7, 11) is 0. The number of benzene rings is 1. The monoisotopic (exact) mass is 480 g/mol. The fraction of sp³-hybridized carbons (Fsp3) is 0.364. The first-order chi connectivity index (χ1) is 15.0. The molecule has 0 bridgehead atoms. The Labute approximate surface area is 194 Å². The molecule has 0 aliphatic carbocycles. The summed E-state index contributed by atoms with van der Waals surface area (Å²) in [6.07, 6.45) is 0.705. The van der Waals surface area contributed by atoms with Crippen LogP contribution in [0.3, 0.4) is 0 Å². The highest BCUT2D eigenvalue weighted by Crippen LogP contribution is 2.41. The number of amides is 1. The Bertz CT molecular complexity index is 1000. The number of ether oxygens (including phenoxy) is 1. The maximum atomic E-state index is 13.2. The maximum Gasteiger partial charge on any atom is 0.239 e. The number of nitrogens with zero attached hydrogens (tertiary/aromatic N) is 1. The van der Waals surface area contributed by atoms with Crippen molar-refractivity contribution in [2.24, 2.45) is 0 Å². The number of hydrogen-bond acceptors (Lipinski definition) is 5. The van der Waals surface area contributed by atoms with Gasteiger partial charge in [-0.2, -0.15) is 0 Å². The number of thiophene rings is 1. The number of halogens is 2. The third kappa shape index (κ3) is 4.66. The highest BCUT2D eigenvalue weighted by molar-refractivity contribution is 7.12. The first-order valence-corrected chi connectivity index (χ1v) is 11.8. The molecule has 2 aliphatic rings. The van der Waals surface area contributed by atoms with Crippen LogP contribution in [-0.4, -0.2) is 56.0 Å². The van der Waals surface area contributed by atoms with E-state index in [4.69, 9.17) is 27.9 Å². The Morgan fingerprint density at radius 1 is 1.26 bits per heavy atom. The van der Waals surface area contributed by atoms with Crippen molar-refractivity contribution in [3.8, 4) is 0 Å². The fourth-order valence-corrected chi connectivity index (χ4v) is 5.29. The summed E-state index contributed by atoms with van der Waals surface area (Å²) in [5.41, 5.74) is 0.485. The van der Waals surface area contributed by atoms with Crippen molar-refractivity contribution in [1.82, 2.24) is 4.90 Å². The molecular formula is C22H22Cl2N2O4S. The second kappa shape index (κ2) is 9.71. The number of quaternary nitrogens is 1. The topological polar surface area (TPSA) is 74.1 Å². The van der Waals surface area contributed by atoms with Crippen LogP contribution >= 0.6 is 34.5 Å². The molecule has 31 heavy (non-hydrogen) atoms. The molecule has 2 aromatic rings. The van der Waals surface area contributed by atoms with Gasteiger partial charge in [-0.05, 0) is 34.9 Å². The van der Waals surface area contributed by atoms with Crippen LogP contribution in [0.15, 0.2) is 47.0 Å². The van der Waals surface area contributed by atoms with E-state index in [1.807, 2.05) is 0 Å². The Morgan fingerprint density at radius 2 is 2.03 bits per heavy atom. The first-order valence-electron chi connectivity index (χ1n) is 10.1. The van der Waals surface area contributed by atoms with E-state index < -0.39 is 23.5 Å². The minimum absolute atomic E-state index is 0.0459. The normalized spacial score (nSPS) is 20.0. The molecule has 1 aromatic carbocycles. The number of ketones is 1.